The van der Waals surface area contributed by atoms with E-state index in [4.69, 9.17) is 11.6 Å². The number of rotatable bonds is 3. The van der Waals surface area contributed by atoms with Gasteiger partial charge in [-0.25, -0.2) is 0 Å². The van der Waals surface area contributed by atoms with Gasteiger partial charge in [-0.15, -0.1) is 10.2 Å². The van der Waals surface area contributed by atoms with E-state index in [2.05, 4.69) is 20.5 Å². The van der Waals surface area contributed by atoms with Crippen molar-refractivity contribution in [2.75, 3.05) is 0 Å². The number of nitrogens with one attached hydrogen (secondary N) is 1. The molecule has 2 heterocycles. The second-order valence-electron chi connectivity index (χ2n) is 3.40. The second kappa shape index (κ2) is 4.92. The molecule has 0 aromatic carbocycles. The quantitative estimate of drug-likeness (QED) is 0.876. The Labute approximate surface area is 103 Å². The normalized spacial score (nSPS) is 10.2. The highest BCUT2D eigenvalue weighted by molar-refractivity contribution is 6.33. The summed E-state index contributed by atoms with van der Waals surface area (Å²) in [5.74, 6) is 0.379. The van der Waals surface area contributed by atoms with Crippen LogP contribution in [0, 0.1) is 0 Å². The van der Waals surface area contributed by atoms with Gasteiger partial charge in [-0.1, -0.05) is 11.6 Å². The summed E-state index contributed by atoms with van der Waals surface area (Å²) in [7, 11) is 1.80. The summed E-state index contributed by atoms with van der Waals surface area (Å²) in [5, 5.41) is 10.6. The molecule has 0 unspecified atom stereocenters. The Kier molecular flexibility index (Phi) is 3.34. The van der Waals surface area contributed by atoms with Crippen LogP contribution in [0.5, 0.6) is 0 Å². The van der Waals surface area contributed by atoms with Crippen LogP contribution in [0.1, 0.15) is 16.2 Å². The van der Waals surface area contributed by atoms with E-state index in [-0.39, 0.29) is 5.91 Å². The fraction of sp³-hybridized carbons (Fsp3) is 0.200. The molecule has 88 valence electrons. The molecule has 0 radical (unpaired) electrons. The van der Waals surface area contributed by atoms with E-state index < -0.39 is 0 Å². The van der Waals surface area contributed by atoms with Gasteiger partial charge in [0, 0.05) is 19.4 Å². The molecule has 0 saturated carbocycles. The van der Waals surface area contributed by atoms with E-state index in [9.17, 15) is 4.79 Å². The van der Waals surface area contributed by atoms with Crippen molar-refractivity contribution >= 4 is 17.5 Å². The molecule has 2 aromatic heterocycles. The van der Waals surface area contributed by atoms with Gasteiger partial charge in [0.2, 0.25) is 0 Å². The summed E-state index contributed by atoms with van der Waals surface area (Å²) in [5.41, 5.74) is 0.344. The monoisotopic (exact) mass is 251 g/mol. The molecule has 0 aliphatic heterocycles. The van der Waals surface area contributed by atoms with Crippen LogP contribution in [0.15, 0.2) is 24.8 Å². The third kappa shape index (κ3) is 2.59. The molecule has 6 nitrogen and oxygen atoms in total. The van der Waals surface area contributed by atoms with Crippen LogP contribution in [0.4, 0.5) is 0 Å². The topological polar surface area (TPSA) is 72.7 Å². The van der Waals surface area contributed by atoms with Crippen LogP contribution in [0.2, 0.25) is 5.02 Å². The largest absolute Gasteiger partial charge is 0.345 e. The van der Waals surface area contributed by atoms with Gasteiger partial charge < -0.3 is 9.88 Å². The molecule has 2 aromatic rings. The highest BCUT2D eigenvalue weighted by Gasteiger charge is 2.10. The summed E-state index contributed by atoms with van der Waals surface area (Å²) in [4.78, 5) is 15.6. The Balaban J connectivity index is 2.04. The predicted octanol–water partition coefficient (Wildman–Crippen LogP) is 0.793. The highest BCUT2D eigenvalue weighted by atomic mass is 35.5. The minimum Gasteiger partial charge on any atom is -0.345 e. The maximum Gasteiger partial charge on any atom is 0.254 e. The molecule has 1 N–H and O–H groups in total. The van der Waals surface area contributed by atoms with Gasteiger partial charge in [0.05, 0.1) is 17.1 Å². The van der Waals surface area contributed by atoms with Gasteiger partial charge in [-0.2, -0.15) is 0 Å². The average molecular weight is 252 g/mol. The Morgan fingerprint density at radius 3 is 3.06 bits per heavy atom. The van der Waals surface area contributed by atoms with Crippen LogP contribution in [0.25, 0.3) is 0 Å². The van der Waals surface area contributed by atoms with E-state index in [0.29, 0.717) is 23.0 Å². The Bertz CT molecular complexity index is 539. The molecule has 17 heavy (non-hydrogen) atoms. The fourth-order valence-corrected chi connectivity index (χ4v) is 1.46. The first-order chi connectivity index (χ1) is 8.18. The molecular weight excluding hydrogens is 242 g/mol. The van der Waals surface area contributed by atoms with Crippen LogP contribution >= 0.6 is 11.6 Å². The van der Waals surface area contributed by atoms with Gasteiger partial charge in [0.15, 0.2) is 5.82 Å². The van der Waals surface area contributed by atoms with E-state index in [0.717, 1.165) is 0 Å². The van der Waals surface area contributed by atoms with Crippen molar-refractivity contribution in [3.63, 3.8) is 0 Å². The number of hydrogen-bond acceptors (Lipinski definition) is 4. The average Bonchev–Trinajstić information content (AvgIpc) is 2.72. The number of aryl methyl sites for hydroxylation is 1. The molecule has 0 aliphatic carbocycles. The fourth-order valence-electron chi connectivity index (χ4n) is 1.27. The lowest BCUT2D eigenvalue weighted by Crippen LogP contribution is -2.24. The highest BCUT2D eigenvalue weighted by Crippen LogP contribution is 2.12. The molecule has 0 aliphatic rings. The molecule has 0 atom stereocenters. The first-order valence-corrected chi connectivity index (χ1v) is 5.27. The standard InChI is InChI=1S/C10H10ClN5O/c1-16-6-14-15-9(16)5-13-10(17)7-4-12-3-2-8(7)11/h2-4,6H,5H2,1H3,(H,13,17). The van der Waals surface area contributed by atoms with Crippen molar-refractivity contribution in [3.05, 3.63) is 41.2 Å². The molecule has 0 saturated heterocycles. The van der Waals surface area contributed by atoms with E-state index >= 15 is 0 Å². The SMILES string of the molecule is Cn1cnnc1CNC(=O)c1cnccc1Cl. The van der Waals surface area contributed by atoms with Crippen molar-refractivity contribution in [1.82, 2.24) is 25.1 Å². The summed E-state index contributed by atoms with van der Waals surface area (Å²) in [6, 6.07) is 1.57. The van der Waals surface area contributed by atoms with Gasteiger partial charge in [0.1, 0.15) is 6.33 Å². The summed E-state index contributed by atoms with van der Waals surface area (Å²) in [6.07, 6.45) is 4.52. The number of halogens is 1. The maximum atomic E-state index is 11.8. The Hall–Kier alpha value is -1.95. The number of carbonyl (C=O) groups is 1. The number of amides is 1. The number of aromatic nitrogens is 4. The Morgan fingerprint density at radius 2 is 2.41 bits per heavy atom. The predicted molar refractivity (Wildman–Crippen MR) is 61.4 cm³/mol. The zero-order valence-corrected chi connectivity index (χ0v) is 9.85. The summed E-state index contributed by atoms with van der Waals surface area (Å²) >= 11 is 5.88. The number of hydrogen-bond donors (Lipinski definition) is 1. The molecule has 1 amide bonds. The third-order valence-electron chi connectivity index (χ3n) is 2.22. The van der Waals surface area contributed by atoms with E-state index in [1.54, 1.807) is 24.0 Å². The van der Waals surface area contributed by atoms with Crippen molar-refractivity contribution in [2.24, 2.45) is 7.05 Å². The molecule has 7 heteroatoms. The minimum atomic E-state index is -0.286. The van der Waals surface area contributed by atoms with Crippen LogP contribution in [-0.4, -0.2) is 25.7 Å². The van der Waals surface area contributed by atoms with E-state index in [1.165, 1.54) is 12.4 Å². The molecule has 0 fully saturated rings. The van der Waals surface area contributed by atoms with Crippen molar-refractivity contribution in [1.29, 1.82) is 0 Å². The maximum absolute atomic E-state index is 11.8. The lowest BCUT2D eigenvalue weighted by molar-refractivity contribution is 0.0949. The first-order valence-electron chi connectivity index (χ1n) is 4.89. The first kappa shape index (κ1) is 11.5. The van der Waals surface area contributed by atoms with Crippen molar-refractivity contribution < 1.29 is 4.79 Å². The molecule has 2 rings (SSSR count). The number of nitrogens with zero attached hydrogens (tertiary/aromatic N) is 4. The Morgan fingerprint density at radius 1 is 1.59 bits per heavy atom. The summed E-state index contributed by atoms with van der Waals surface area (Å²) < 4.78 is 1.73. The molecular formula is C10H10ClN5O. The second-order valence-corrected chi connectivity index (χ2v) is 3.80. The zero-order valence-electron chi connectivity index (χ0n) is 9.09. The number of pyridine rings is 1. The zero-order chi connectivity index (χ0) is 12.3. The van der Waals surface area contributed by atoms with Crippen LogP contribution in [0.3, 0.4) is 0 Å². The summed E-state index contributed by atoms with van der Waals surface area (Å²) in [6.45, 7) is 0.292. The van der Waals surface area contributed by atoms with Crippen LogP contribution < -0.4 is 5.32 Å². The van der Waals surface area contributed by atoms with Gasteiger partial charge >= 0.3 is 0 Å². The lowest BCUT2D eigenvalue weighted by atomic mass is 10.2. The lowest BCUT2D eigenvalue weighted by Gasteiger charge is -2.05. The van der Waals surface area contributed by atoms with E-state index in [1.807, 2.05) is 0 Å². The van der Waals surface area contributed by atoms with Gasteiger partial charge in [0.25, 0.3) is 5.91 Å². The minimum absolute atomic E-state index is 0.286. The van der Waals surface area contributed by atoms with Gasteiger partial charge in [-0.3, -0.25) is 9.78 Å². The smallest absolute Gasteiger partial charge is 0.254 e. The van der Waals surface area contributed by atoms with Crippen molar-refractivity contribution in [3.8, 4) is 0 Å². The van der Waals surface area contributed by atoms with Crippen LogP contribution in [-0.2, 0) is 13.6 Å². The van der Waals surface area contributed by atoms with Crippen molar-refractivity contribution in [2.45, 2.75) is 6.54 Å². The molecule has 0 spiro atoms. The third-order valence-corrected chi connectivity index (χ3v) is 2.55. The van der Waals surface area contributed by atoms with Gasteiger partial charge in [-0.05, 0) is 6.07 Å². The number of carbonyl (C=O) groups excluding carboxylic acids is 1. The molecule has 0 bridgehead atoms.